The van der Waals surface area contributed by atoms with Crippen molar-refractivity contribution in [2.45, 2.75) is 6.92 Å². The van der Waals surface area contributed by atoms with Crippen molar-refractivity contribution in [1.82, 2.24) is 4.98 Å². The number of thiazole rings is 1. The van der Waals surface area contributed by atoms with Crippen LogP contribution >= 0.6 is 11.3 Å². The molecular weight excluding hydrogens is 438 g/mol. The van der Waals surface area contributed by atoms with Crippen LogP contribution in [0, 0.1) is 17.0 Å². The first-order valence-electron chi connectivity index (χ1n) is 10.1. The van der Waals surface area contributed by atoms with Crippen LogP contribution in [0.15, 0.2) is 83.3 Å². The molecule has 8 heteroatoms. The summed E-state index contributed by atoms with van der Waals surface area (Å²) < 4.78 is 6.86. The first-order chi connectivity index (χ1) is 16.0. The SMILES string of the molecule is Cc1cc([N+](=O)[O-])ccc1-c1ccc(C(=O)Nc2ccccc2-c2nc3ccccc3s2)o1. The number of nitrogens with zero attached hydrogens (tertiary/aromatic N) is 2. The number of hydrogen-bond acceptors (Lipinski definition) is 6. The Morgan fingerprint density at radius 2 is 1.79 bits per heavy atom. The number of benzene rings is 3. The Balaban J connectivity index is 1.42. The molecule has 7 nitrogen and oxygen atoms in total. The molecule has 0 unspecified atom stereocenters. The van der Waals surface area contributed by atoms with E-state index in [1.54, 1.807) is 36.5 Å². The van der Waals surface area contributed by atoms with Crippen LogP contribution in [0.5, 0.6) is 0 Å². The second kappa shape index (κ2) is 8.33. The highest BCUT2D eigenvalue weighted by Crippen LogP contribution is 2.35. The normalized spacial score (nSPS) is 10.9. The van der Waals surface area contributed by atoms with E-state index >= 15 is 0 Å². The number of fused-ring (bicyclic) bond motifs is 1. The summed E-state index contributed by atoms with van der Waals surface area (Å²) in [7, 11) is 0. The van der Waals surface area contributed by atoms with Crippen molar-refractivity contribution in [3.8, 4) is 21.9 Å². The highest BCUT2D eigenvalue weighted by atomic mass is 32.1. The van der Waals surface area contributed by atoms with Gasteiger partial charge in [0, 0.05) is 23.3 Å². The summed E-state index contributed by atoms with van der Waals surface area (Å²) in [6.07, 6.45) is 0. The second-order valence-corrected chi connectivity index (χ2v) is 8.44. The number of carbonyl (C=O) groups is 1. The summed E-state index contributed by atoms with van der Waals surface area (Å²) in [6, 6.07) is 23.2. The lowest BCUT2D eigenvalue weighted by Crippen LogP contribution is -2.11. The fourth-order valence-corrected chi connectivity index (χ4v) is 4.60. The van der Waals surface area contributed by atoms with Crippen LogP contribution in [0.25, 0.3) is 32.1 Å². The number of nitro groups is 1. The lowest BCUT2D eigenvalue weighted by atomic mass is 10.1. The third-order valence-corrected chi connectivity index (χ3v) is 6.29. The lowest BCUT2D eigenvalue weighted by Gasteiger charge is -2.08. The zero-order valence-corrected chi connectivity index (χ0v) is 18.3. The summed E-state index contributed by atoms with van der Waals surface area (Å²) >= 11 is 1.56. The molecule has 2 aromatic heterocycles. The van der Waals surface area contributed by atoms with Gasteiger partial charge in [-0.3, -0.25) is 14.9 Å². The molecule has 1 N–H and O–H groups in total. The van der Waals surface area contributed by atoms with E-state index in [0.717, 1.165) is 20.8 Å². The number of aromatic nitrogens is 1. The Labute approximate surface area is 192 Å². The van der Waals surface area contributed by atoms with Crippen LogP contribution in [-0.4, -0.2) is 15.8 Å². The molecule has 162 valence electrons. The first-order valence-corrected chi connectivity index (χ1v) is 10.9. The van der Waals surface area contributed by atoms with E-state index in [-0.39, 0.29) is 11.4 Å². The van der Waals surface area contributed by atoms with E-state index in [1.165, 1.54) is 12.1 Å². The summed E-state index contributed by atoms with van der Waals surface area (Å²) in [4.78, 5) is 28.2. The highest BCUT2D eigenvalue weighted by Gasteiger charge is 2.18. The third-order valence-electron chi connectivity index (χ3n) is 5.22. The first kappa shape index (κ1) is 20.6. The lowest BCUT2D eigenvalue weighted by molar-refractivity contribution is -0.384. The minimum Gasteiger partial charge on any atom is -0.451 e. The molecule has 0 bridgehead atoms. The smallest absolute Gasteiger partial charge is 0.291 e. The molecule has 0 atom stereocenters. The Bertz CT molecular complexity index is 1490. The number of nitrogens with one attached hydrogen (secondary N) is 1. The average Bonchev–Trinajstić information content (AvgIpc) is 3.47. The van der Waals surface area contributed by atoms with Crippen molar-refractivity contribution in [1.29, 1.82) is 0 Å². The molecule has 0 aliphatic carbocycles. The van der Waals surface area contributed by atoms with Gasteiger partial charge >= 0.3 is 0 Å². The number of rotatable bonds is 5. The van der Waals surface area contributed by atoms with Crippen molar-refractivity contribution >= 4 is 38.8 Å². The molecule has 0 radical (unpaired) electrons. The van der Waals surface area contributed by atoms with Gasteiger partial charge < -0.3 is 9.73 Å². The molecule has 0 aliphatic heterocycles. The molecule has 3 aromatic carbocycles. The number of aryl methyl sites for hydroxylation is 1. The summed E-state index contributed by atoms with van der Waals surface area (Å²) in [5.74, 6) is 0.211. The molecule has 5 aromatic rings. The third kappa shape index (κ3) is 3.99. The monoisotopic (exact) mass is 455 g/mol. The fraction of sp³-hybridized carbons (Fsp3) is 0.0400. The summed E-state index contributed by atoms with van der Waals surface area (Å²) in [5.41, 5.74) is 3.75. The molecule has 5 rings (SSSR count). The topological polar surface area (TPSA) is 98.3 Å². The highest BCUT2D eigenvalue weighted by molar-refractivity contribution is 7.21. The predicted octanol–water partition coefficient (Wildman–Crippen LogP) is 6.69. The van der Waals surface area contributed by atoms with Gasteiger partial charge in [-0.1, -0.05) is 24.3 Å². The van der Waals surface area contributed by atoms with Gasteiger partial charge in [0.1, 0.15) is 10.8 Å². The van der Waals surface area contributed by atoms with Crippen molar-refractivity contribution in [2.75, 3.05) is 5.32 Å². The van der Waals surface area contributed by atoms with Gasteiger partial charge in [0.25, 0.3) is 11.6 Å². The van der Waals surface area contributed by atoms with E-state index < -0.39 is 10.8 Å². The number of non-ortho nitro benzene ring substituents is 1. The molecule has 2 heterocycles. The van der Waals surface area contributed by atoms with E-state index in [4.69, 9.17) is 9.40 Å². The maximum absolute atomic E-state index is 12.9. The van der Waals surface area contributed by atoms with Gasteiger partial charge in [-0.25, -0.2) is 4.98 Å². The van der Waals surface area contributed by atoms with Gasteiger partial charge in [0.05, 0.1) is 20.8 Å². The van der Waals surface area contributed by atoms with Crippen molar-refractivity contribution in [2.24, 2.45) is 0 Å². The average molecular weight is 455 g/mol. The second-order valence-electron chi connectivity index (χ2n) is 7.41. The van der Waals surface area contributed by atoms with Gasteiger partial charge in [0.15, 0.2) is 5.76 Å². The number of carbonyl (C=O) groups excluding carboxylic acids is 1. The van der Waals surface area contributed by atoms with E-state index in [2.05, 4.69) is 5.32 Å². The fourth-order valence-electron chi connectivity index (χ4n) is 3.59. The maximum atomic E-state index is 12.9. The molecular formula is C25H17N3O4S. The number of furan rings is 1. The number of para-hydroxylation sites is 2. The molecule has 0 saturated heterocycles. The number of amides is 1. The van der Waals surface area contributed by atoms with Crippen LogP contribution in [0.4, 0.5) is 11.4 Å². The summed E-state index contributed by atoms with van der Waals surface area (Å²) in [6.45, 7) is 1.76. The number of anilines is 1. The van der Waals surface area contributed by atoms with Gasteiger partial charge in [-0.2, -0.15) is 0 Å². The van der Waals surface area contributed by atoms with Crippen molar-refractivity contribution in [3.63, 3.8) is 0 Å². The van der Waals surface area contributed by atoms with E-state index in [9.17, 15) is 14.9 Å². The van der Waals surface area contributed by atoms with Crippen LogP contribution < -0.4 is 5.32 Å². The van der Waals surface area contributed by atoms with Gasteiger partial charge in [-0.15, -0.1) is 11.3 Å². The van der Waals surface area contributed by atoms with Crippen LogP contribution in [0.1, 0.15) is 16.1 Å². The van der Waals surface area contributed by atoms with Gasteiger partial charge in [0.2, 0.25) is 0 Å². The minimum absolute atomic E-state index is 0.00669. The zero-order valence-electron chi connectivity index (χ0n) is 17.4. The number of hydrogen-bond donors (Lipinski definition) is 1. The summed E-state index contributed by atoms with van der Waals surface area (Å²) in [5, 5.41) is 14.7. The Hall–Kier alpha value is -4.30. The Kier molecular flexibility index (Phi) is 5.20. The van der Waals surface area contributed by atoms with E-state index in [0.29, 0.717) is 22.6 Å². The van der Waals surface area contributed by atoms with Crippen LogP contribution in [-0.2, 0) is 0 Å². The van der Waals surface area contributed by atoms with Crippen LogP contribution in [0.3, 0.4) is 0 Å². The Morgan fingerprint density at radius 1 is 1.00 bits per heavy atom. The molecule has 0 saturated carbocycles. The van der Waals surface area contributed by atoms with Gasteiger partial charge in [-0.05, 0) is 55.0 Å². The molecule has 1 amide bonds. The van der Waals surface area contributed by atoms with Crippen molar-refractivity contribution in [3.05, 3.63) is 100 Å². The molecule has 0 fully saturated rings. The Morgan fingerprint density at radius 3 is 2.58 bits per heavy atom. The largest absolute Gasteiger partial charge is 0.451 e. The minimum atomic E-state index is -0.444. The van der Waals surface area contributed by atoms with E-state index in [1.807, 2.05) is 48.5 Å². The molecule has 33 heavy (non-hydrogen) atoms. The zero-order chi connectivity index (χ0) is 22.9. The van der Waals surface area contributed by atoms with Crippen LogP contribution in [0.2, 0.25) is 0 Å². The quantitative estimate of drug-likeness (QED) is 0.235. The predicted molar refractivity (Wildman–Crippen MR) is 129 cm³/mol. The number of nitro benzene ring substituents is 1. The standard InChI is InChI=1S/C25H17N3O4S/c1-15-14-16(28(30)31)10-11-17(15)21-12-13-22(32-21)24(29)26-19-7-3-2-6-18(19)25-27-20-8-4-5-9-23(20)33-25/h2-14H,1H3,(H,26,29). The molecule has 0 aliphatic rings. The molecule has 0 spiro atoms. The maximum Gasteiger partial charge on any atom is 0.291 e. The van der Waals surface area contributed by atoms with Crippen molar-refractivity contribution < 1.29 is 14.1 Å².